The van der Waals surface area contributed by atoms with E-state index in [4.69, 9.17) is 0 Å². The Morgan fingerprint density at radius 1 is 1.00 bits per heavy atom. The van der Waals surface area contributed by atoms with Gasteiger partial charge in [-0.25, -0.2) is 0 Å². The summed E-state index contributed by atoms with van der Waals surface area (Å²) in [6, 6.07) is 0. The maximum Gasteiger partial charge on any atom is 0.0602 e. The van der Waals surface area contributed by atoms with Crippen LogP contribution in [0.1, 0.15) is 98.8 Å². The second-order valence-electron chi connectivity index (χ2n) is 11.6. The Hall–Kier alpha value is -0.0400. The van der Waals surface area contributed by atoms with Gasteiger partial charge in [0.1, 0.15) is 0 Å². The maximum atomic E-state index is 11.5. The van der Waals surface area contributed by atoms with Gasteiger partial charge in [0.2, 0.25) is 0 Å². The highest BCUT2D eigenvalue weighted by atomic mass is 16.3. The molecule has 0 heterocycles. The van der Waals surface area contributed by atoms with E-state index in [1.807, 2.05) is 0 Å². The molecule has 0 aromatic heterocycles. The Kier molecular flexibility index (Phi) is 5.03. The minimum Gasteiger partial charge on any atom is -0.393 e. The summed E-state index contributed by atoms with van der Waals surface area (Å²) in [5, 5.41) is 11.5. The van der Waals surface area contributed by atoms with Gasteiger partial charge in [-0.2, -0.15) is 0 Å². The van der Waals surface area contributed by atoms with Gasteiger partial charge >= 0.3 is 0 Å². The van der Waals surface area contributed by atoms with Crippen LogP contribution >= 0.6 is 0 Å². The van der Waals surface area contributed by atoms with Crippen molar-refractivity contribution in [3.8, 4) is 0 Å². The minimum atomic E-state index is -0.0597. The summed E-state index contributed by atoms with van der Waals surface area (Å²) < 4.78 is 0. The van der Waals surface area contributed by atoms with Gasteiger partial charge in [0.15, 0.2) is 0 Å². The zero-order chi connectivity index (χ0) is 18.7. The van der Waals surface area contributed by atoms with Crippen molar-refractivity contribution in [3.63, 3.8) is 0 Å². The molecule has 0 bridgehead atoms. The quantitative estimate of drug-likeness (QED) is 0.594. The first-order chi connectivity index (χ1) is 12.3. The monoisotopic (exact) mass is 360 g/mol. The highest BCUT2D eigenvalue weighted by Gasteiger charge is 2.63. The molecule has 4 rings (SSSR count). The fourth-order valence-electron chi connectivity index (χ4n) is 9.05. The molecule has 0 aliphatic heterocycles. The van der Waals surface area contributed by atoms with E-state index in [1.165, 1.54) is 57.8 Å². The van der Waals surface area contributed by atoms with Crippen molar-refractivity contribution < 1.29 is 5.11 Å². The van der Waals surface area contributed by atoms with Crippen molar-refractivity contribution in [1.82, 2.24) is 0 Å². The lowest BCUT2D eigenvalue weighted by Crippen LogP contribution is -2.58. The van der Waals surface area contributed by atoms with E-state index in [9.17, 15) is 5.11 Å². The average Bonchev–Trinajstić information content (AvgIpc) is 2.96. The number of hydrogen-bond donors (Lipinski definition) is 1. The maximum absolute atomic E-state index is 11.5. The van der Waals surface area contributed by atoms with Gasteiger partial charge in [0, 0.05) is 0 Å². The van der Waals surface area contributed by atoms with Gasteiger partial charge in [0.25, 0.3) is 0 Å². The third kappa shape index (κ3) is 2.66. The van der Waals surface area contributed by atoms with E-state index < -0.39 is 0 Å². The lowest BCUT2D eigenvalue weighted by atomic mass is 9.43. The fourth-order valence-corrected chi connectivity index (χ4v) is 9.05. The summed E-state index contributed by atoms with van der Waals surface area (Å²) in [6.07, 6.45) is 13.7. The highest BCUT2D eigenvalue weighted by molar-refractivity contribution is 5.12. The Morgan fingerprint density at radius 3 is 2.50 bits per heavy atom. The summed E-state index contributed by atoms with van der Waals surface area (Å²) in [5.41, 5.74) is 0.714. The molecule has 0 spiro atoms. The van der Waals surface area contributed by atoms with E-state index in [0.29, 0.717) is 5.41 Å². The predicted octanol–water partition coefficient (Wildman–Crippen LogP) is 6.69. The molecular weight excluding hydrogens is 316 g/mol. The third-order valence-electron chi connectivity index (χ3n) is 10.5. The first-order valence-corrected chi connectivity index (χ1v) is 12.0. The molecule has 1 nitrogen and oxygen atoms in total. The summed E-state index contributed by atoms with van der Waals surface area (Å²) in [4.78, 5) is 0. The molecule has 4 fully saturated rings. The Labute approximate surface area is 162 Å². The molecule has 4 aliphatic carbocycles. The Balaban J connectivity index is 1.61. The van der Waals surface area contributed by atoms with Crippen LogP contribution in [0, 0.1) is 52.3 Å². The predicted molar refractivity (Wildman–Crippen MR) is 110 cm³/mol. The van der Waals surface area contributed by atoms with Crippen molar-refractivity contribution >= 4 is 0 Å². The van der Waals surface area contributed by atoms with Crippen molar-refractivity contribution in [3.05, 3.63) is 0 Å². The molecule has 1 heteroatoms. The zero-order valence-electron chi connectivity index (χ0n) is 18.1. The summed E-state index contributed by atoms with van der Waals surface area (Å²) in [6.45, 7) is 12.4. The summed E-state index contributed by atoms with van der Waals surface area (Å²) in [7, 11) is 0. The molecule has 26 heavy (non-hydrogen) atoms. The first-order valence-electron chi connectivity index (χ1n) is 12.0. The van der Waals surface area contributed by atoms with Crippen molar-refractivity contribution in [2.45, 2.75) is 105 Å². The molecule has 0 amide bonds. The standard InChI is InChI=1S/C25H44O/c1-6-7-17(3)20-10-11-21-19-9-8-18-14-16(2)12-13-24(18,4)22(19)15-23(26)25(20,21)5/h16-23,26H,6-15H2,1-5H3/t16?,17?,18?,19?,20?,21?,22?,23-,24?,25?/m0/s1. The van der Waals surface area contributed by atoms with Crippen molar-refractivity contribution in [1.29, 1.82) is 0 Å². The Morgan fingerprint density at radius 2 is 1.77 bits per heavy atom. The molecule has 4 aliphatic rings. The van der Waals surface area contributed by atoms with E-state index in [-0.39, 0.29) is 11.5 Å². The normalized spacial score (nSPS) is 54.9. The van der Waals surface area contributed by atoms with Gasteiger partial charge in [-0.05, 0) is 97.2 Å². The molecule has 150 valence electrons. The first kappa shape index (κ1) is 19.3. The van der Waals surface area contributed by atoms with Crippen LogP contribution in [0.3, 0.4) is 0 Å². The van der Waals surface area contributed by atoms with Crippen LogP contribution in [0.25, 0.3) is 0 Å². The molecule has 0 radical (unpaired) electrons. The molecule has 0 saturated heterocycles. The van der Waals surface area contributed by atoms with Crippen LogP contribution in [-0.4, -0.2) is 11.2 Å². The number of hydrogen-bond acceptors (Lipinski definition) is 1. The van der Waals surface area contributed by atoms with Crippen LogP contribution in [0.4, 0.5) is 0 Å². The van der Waals surface area contributed by atoms with Gasteiger partial charge in [0.05, 0.1) is 6.10 Å². The summed E-state index contributed by atoms with van der Waals surface area (Å²) >= 11 is 0. The van der Waals surface area contributed by atoms with Crippen molar-refractivity contribution in [2.75, 3.05) is 0 Å². The van der Waals surface area contributed by atoms with Crippen LogP contribution in [0.15, 0.2) is 0 Å². The molecular formula is C25H44O. The molecule has 10 atom stereocenters. The van der Waals surface area contributed by atoms with Gasteiger partial charge < -0.3 is 5.11 Å². The molecule has 0 aromatic rings. The Bertz CT molecular complexity index is 514. The number of aliphatic hydroxyl groups is 1. The van der Waals surface area contributed by atoms with Crippen molar-refractivity contribution in [2.24, 2.45) is 52.3 Å². The van der Waals surface area contributed by atoms with E-state index in [0.717, 1.165) is 47.8 Å². The molecule has 1 N–H and O–H groups in total. The molecule has 0 aromatic carbocycles. The highest BCUT2D eigenvalue weighted by Crippen LogP contribution is 2.68. The van der Waals surface area contributed by atoms with E-state index in [1.54, 1.807) is 0 Å². The smallest absolute Gasteiger partial charge is 0.0602 e. The largest absolute Gasteiger partial charge is 0.393 e. The fraction of sp³-hybridized carbons (Fsp3) is 1.00. The van der Waals surface area contributed by atoms with Crippen LogP contribution in [0.2, 0.25) is 0 Å². The second kappa shape index (κ2) is 6.78. The molecule has 9 unspecified atom stereocenters. The van der Waals surface area contributed by atoms with E-state index >= 15 is 0 Å². The van der Waals surface area contributed by atoms with Crippen LogP contribution in [-0.2, 0) is 0 Å². The van der Waals surface area contributed by atoms with Crippen LogP contribution in [0.5, 0.6) is 0 Å². The third-order valence-corrected chi connectivity index (χ3v) is 10.5. The zero-order valence-corrected chi connectivity index (χ0v) is 18.1. The van der Waals surface area contributed by atoms with E-state index in [2.05, 4.69) is 34.6 Å². The number of aliphatic hydroxyl groups excluding tert-OH is 1. The minimum absolute atomic E-state index is 0.0597. The summed E-state index contributed by atoms with van der Waals surface area (Å²) in [5.74, 6) is 5.87. The average molecular weight is 361 g/mol. The van der Waals surface area contributed by atoms with Crippen LogP contribution < -0.4 is 0 Å². The second-order valence-corrected chi connectivity index (χ2v) is 11.6. The lowest BCUT2D eigenvalue weighted by Gasteiger charge is -2.62. The topological polar surface area (TPSA) is 20.2 Å². The van der Waals surface area contributed by atoms with Gasteiger partial charge in [-0.3, -0.25) is 0 Å². The SMILES string of the molecule is CCCC(C)C1CCC2C3CCC4CC(C)CCC4(C)C3C[C@H](O)C12C. The number of fused-ring (bicyclic) bond motifs is 5. The lowest BCUT2D eigenvalue weighted by molar-refractivity contribution is -0.171. The van der Waals surface area contributed by atoms with Gasteiger partial charge in [-0.15, -0.1) is 0 Å². The number of rotatable bonds is 3. The van der Waals surface area contributed by atoms with Gasteiger partial charge in [-0.1, -0.05) is 53.9 Å². The molecule has 4 saturated carbocycles.